The van der Waals surface area contributed by atoms with Gasteiger partial charge in [-0.15, -0.1) is 0 Å². The Kier molecular flexibility index (Phi) is 6.57. The number of amides is 1. The second kappa shape index (κ2) is 9.31. The number of nitrogens with one attached hydrogen (secondary N) is 1. The lowest BCUT2D eigenvalue weighted by atomic mass is 10.1. The third-order valence-corrected chi connectivity index (χ3v) is 4.95. The molecule has 2 N–H and O–H groups in total. The summed E-state index contributed by atoms with van der Waals surface area (Å²) in [5.41, 5.74) is 3.70. The number of rotatable bonds is 8. The van der Waals surface area contributed by atoms with Crippen LogP contribution < -0.4 is 10.1 Å². The molecule has 1 aromatic heterocycles. The summed E-state index contributed by atoms with van der Waals surface area (Å²) in [5.74, 6) is -0.507. The zero-order valence-electron chi connectivity index (χ0n) is 17.4. The molecule has 1 heterocycles. The lowest BCUT2D eigenvalue weighted by Crippen LogP contribution is -2.24. The number of carbonyl (C=O) groups is 2. The molecule has 3 rings (SSSR count). The Balaban J connectivity index is 1.90. The minimum absolute atomic E-state index is 0.0596. The minimum Gasteiger partial charge on any atom is -0.496 e. The van der Waals surface area contributed by atoms with Crippen molar-refractivity contribution in [3.8, 4) is 5.75 Å². The van der Waals surface area contributed by atoms with Crippen LogP contribution in [0.3, 0.4) is 0 Å². The van der Waals surface area contributed by atoms with Gasteiger partial charge in [0.1, 0.15) is 5.75 Å². The molecule has 0 radical (unpaired) electrons. The second-order valence-electron chi connectivity index (χ2n) is 7.18. The number of hydrogen-bond acceptors (Lipinski definition) is 3. The van der Waals surface area contributed by atoms with Gasteiger partial charge < -0.3 is 19.7 Å². The van der Waals surface area contributed by atoms with Crippen molar-refractivity contribution in [3.05, 3.63) is 70.9 Å². The minimum atomic E-state index is -0.985. The molecular weight excluding hydrogens is 380 g/mol. The molecule has 30 heavy (non-hydrogen) atoms. The number of carboxylic acids is 1. The molecule has 0 saturated carbocycles. The molecule has 0 spiro atoms. The zero-order valence-corrected chi connectivity index (χ0v) is 17.4. The van der Waals surface area contributed by atoms with E-state index in [9.17, 15) is 14.7 Å². The summed E-state index contributed by atoms with van der Waals surface area (Å²) >= 11 is 0. The van der Waals surface area contributed by atoms with Crippen molar-refractivity contribution >= 4 is 28.9 Å². The van der Waals surface area contributed by atoms with Crippen LogP contribution in [-0.2, 0) is 11.3 Å². The highest BCUT2D eigenvalue weighted by molar-refractivity contribution is 5.97. The monoisotopic (exact) mass is 406 g/mol. The fraction of sp³-hybridized carbons (Fsp3) is 0.250. The first-order valence-electron chi connectivity index (χ1n) is 9.88. The number of methoxy groups -OCH3 is 1. The van der Waals surface area contributed by atoms with Gasteiger partial charge in [-0.1, -0.05) is 25.1 Å². The van der Waals surface area contributed by atoms with Crippen LogP contribution in [0.15, 0.2) is 54.2 Å². The topological polar surface area (TPSA) is 80.6 Å². The van der Waals surface area contributed by atoms with Crippen molar-refractivity contribution in [1.29, 1.82) is 0 Å². The SMILES string of the molecule is CCCNC(=O)/C(C)=C/c1ccc2ccn(Cc3ccc(C(=O)O)cc3OC)c2c1. The molecule has 2 aromatic carbocycles. The average molecular weight is 406 g/mol. The standard InChI is InChI=1S/C24H26N2O4/c1-4-10-25-23(27)16(2)12-17-5-6-18-9-11-26(21(18)13-17)15-20-8-7-19(24(28)29)14-22(20)30-3/h5-9,11-14H,4,10,15H2,1-3H3,(H,25,27)(H,28,29)/b16-12+. The lowest BCUT2D eigenvalue weighted by Gasteiger charge is -2.12. The van der Waals surface area contributed by atoms with Crippen LogP contribution in [-0.4, -0.2) is 35.2 Å². The van der Waals surface area contributed by atoms with Crippen molar-refractivity contribution < 1.29 is 19.4 Å². The molecular formula is C24H26N2O4. The van der Waals surface area contributed by atoms with Crippen molar-refractivity contribution in [2.45, 2.75) is 26.8 Å². The number of carboxylic acid groups (broad SMARTS) is 1. The van der Waals surface area contributed by atoms with Crippen molar-refractivity contribution in [3.63, 3.8) is 0 Å². The van der Waals surface area contributed by atoms with Gasteiger partial charge in [0.25, 0.3) is 0 Å². The highest BCUT2D eigenvalue weighted by Gasteiger charge is 2.11. The van der Waals surface area contributed by atoms with Crippen LogP contribution in [0, 0.1) is 0 Å². The van der Waals surface area contributed by atoms with E-state index < -0.39 is 5.97 Å². The number of aromatic carboxylic acids is 1. The van der Waals surface area contributed by atoms with Crippen LogP contribution in [0.2, 0.25) is 0 Å². The highest BCUT2D eigenvalue weighted by atomic mass is 16.5. The van der Waals surface area contributed by atoms with Gasteiger partial charge in [-0.05, 0) is 54.6 Å². The number of nitrogens with zero attached hydrogens (tertiary/aromatic N) is 1. The lowest BCUT2D eigenvalue weighted by molar-refractivity contribution is -0.117. The van der Waals surface area contributed by atoms with E-state index in [1.54, 1.807) is 12.1 Å². The van der Waals surface area contributed by atoms with Crippen molar-refractivity contribution in [1.82, 2.24) is 9.88 Å². The molecule has 0 unspecified atom stereocenters. The van der Waals surface area contributed by atoms with Gasteiger partial charge in [-0.2, -0.15) is 0 Å². The van der Waals surface area contributed by atoms with Crippen LogP contribution in [0.1, 0.15) is 41.8 Å². The molecule has 0 saturated heterocycles. The molecule has 156 valence electrons. The first kappa shape index (κ1) is 21.2. The molecule has 0 atom stereocenters. The van der Waals surface area contributed by atoms with Gasteiger partial charge in [0.05, 0.1) is 19.2 Å². The van der Waals surface area contributed by atoms with Crippen molar-refractivity contribution in [2.24, 2.45) is 0 Å². The molecule has 3 aromatic rings. The molecule has 0 bridgehead atoms. The van der Waals surface area contributed by atoms with Gasteiger partial charge >= 0.3 is 5.97 Å². The molecule has 1 amide bonds. The van der Waals surface area contributed by atoms with Gasteiger partial charge in [-0.3, -0.25) is 4.79 Å². The van der Waals surface area contributed by atoms with E-state index in [1.165, 1.54) is 13.2 Å². The van der Waals surface area contributed by atoms with Crippen LogP contribution in [0.5, 0.6) is 5.75 Å². The maximum atomic E-state index is 12.1. The Morgan fingerprint density at radius 3 is 2.67 bits per heavy atom. The highest BCUT2D eigenvalue weighted by Crippen LogP contribution is 2.25. The van der Waals surface area contributed by atoms with Crippen LogP contribution >= 0.6 is 0 Å². The fourth-order valence-corrected chi connectivity index (χ4v) is 3.31. The van der Waals surface area contributed by atoms with E-state index in [-0.39, 0.29) is 11.5 Å². The predicted molar refractivity (Wildman–Crippen MR) is 118 cm³/mol. The molecule has 0 aliphatic rings. The van der Waals surface area contributed by atoms with E-state index in [1.807, 2.05) is 50.4 Å². The Morgan fingerprint density at radius 2 is 1.97 bits per heavy atom. The normalized spacial score (nSPS) is 11.5. The van der Waals surface area contributed by atoms with E-state index in [4.69, 9.17) is 4.74 Å². The smallest absolute Gasteiger partial charge is 0.335 e. The van der Waals surface area contributed by atoms with E-state index in [0.29, 0.717) is 24.4 Å². The average Bonchev–Trinajstić information content (AvgIpc) is 3.14. The Labute approximate surface area is 175 Å². The van der Waals surface area contributed by atoms with E-state index in [2.05, 4.69) is 9.88 Å². The summed E-state index contributed by atoms with van der Waals surface area (Å²) in [6, 6.07) is 13.0. The van der Waals surface area contributed by atoms with Crippen LogP contribution in [0.25, 0.3) is 17.0 Å². The van der Waals surface area contributed by atoms with Gasteiger partial charge in [-0.25, -0.2) is 4.79 Å². The number of carbonyl (C=O) groups excluding carboxylic acids is 1. The largest absolute Gasteiger partial charge is 0.496 e. The zero-order chi connectivity index (χ0) is 21.7. The third kappa shape index (κ3) is 4.71. The Bertz CT molecular complexity index is 1110. The third-order valence-electron chi connectivity index (χ3n) is 4.95. The van der Waals surface area contributed by atoms with Gasteiger partial charge in [0, 0.05) is 29.4 Å². The summed E-state index contributed by atoms with van der Waals surface area (Å²) in [6.45, 7) is 5.03. The molecule has 0 fully saturated rings. The Morgan fingerprint density at radius 1 is 1.17 bits per heavy atom. The predicted octanol–water partition coefficient (Wildman–Crippen LogP) is 4.33. The quantitative estimate of drug-likeness (QED) is 0.546. The summed E-state index contributed by atoms with van der Waals surface area (Å²) in [4.78, 5) is 23.3. The first-order chi connectivity index (χ1) is 14.4. The first-order valence-corrected chi connectivity index (χ1v) is 9.88. The van der Waals surface area contributed by atoms with Crippen LogP contribution in [0.4, 0.5) is 0 Å². The van der Waals surface area contributed by atoms with Crippen molar-refractivity contribution in [2.75, 3.05) is 13.7 Å². The number of fused-ring (bicyclic) bond motifs is 1. The fourth-order valence-electron chi connectivity index (χ4n) is 3.31. The van der Waals surface area contributed by atoms with E-state index >= 15 is 0 Å². The summed E-state index contributed by atoms with van der Waals surface area (Å²) in [5, 5.41) is 13.2. The number of benzene rings is 2. The Hall–Kier alpha value is -3.54. The number of hydrogen-bond donors (Lipinski definition) is 2. The second-order valence-corrected chi connectivity index (χ2v) is 7.18. The molecule has 6 nitrogen and oxygen atoms in total. The summed E-state index contributed by atoms with van der Waals surface area (Å²) in [6.07, 6.45) is 4.77. The van der Waals surface area contributed by atoms with Gasteiger partial charge in [0.15, 0.2) is 0 Å². The molecule has 6 heteroatoms. The number of ether oxygens (including phenoxy) is 1. The molecule has 0 aliphatic carbocycles. The maximum absolute atomic E-state index is 12.1. The van der Waals surface area contributed by atoms with E-state index in [0.717, 1.165) is 28.5 Å². The summed E-state index contributed by atoms with van der Waals surface area (Å²) in [7, 11) is 1.54. The van der Waals surface area contributed by atoms with Gasteiger partial charge in [0.2, 0.25) is 5.91 Å². The molecule has 0 aliphatic heterocycles. The maximum Gasteiger partial charge on any atom is 0.335 e. The summed E-state index contributed by atoms with van der Waals surface area (Å²) < 4.78 is 7.48. The number of aromatic nitrogens is 1.